The average molecular weight is 387 g/mol. The van der Waals surface area contributed by atoms with Crippen molar-refractivity contribution in [3.05, 3.63) is 58.1 Å². The van der Waals surface area contributed by atoms with Crippen molar-refractivity contribution in [3.63, 3.8) is 0 Å². The van der Waals surface area contributed by atoms with E-state index in [4.69, 9.17) is 14.6 Å². The molecule has 23 heavy (non-hydrogen) atoms. The first kappa shape index (κ1) is 17.2. The maximum atomic E-state index is 12.3. The van der Waals surface area contributed by atoms with Crippen LogP contribution in [-0.2, 0) is 6.61 Å². The van der Waals surface area contributed by atoms with Crippen molar-refractivity contribution in [2.24, 2.45) is 0 Å². The summed E-state index contributed by atoms with van der Waals surface area (Å²) >= 11 is 3.21. The zero-order valence-electron chi connectivity index (χ0n) is 11.8. The fraction of sp³-hybridized carbons (Fsp3) is 0.188. The number of hydrogen-bond donors (Lipinski definition) is 1. The summed E-state index contributed by atoms with van der Waals surface area (Å²) in [5.41, 5.74) is 0.696. The summed E-state index contributed by atoms with van der Waals surface area (Å²) in [6, 6.07) is 11.9. The second-order valence-corrected chi connectivity index (χ2v) is 5.41. The first-order valence-electron chi connectivity index (χ1n) is 6.62. The van der Waals surface area contributed by atoms with Gasteiger partial charge in [0.25, 0.3) is 6.43 Å². The summed E-state index contributed by atoms with van der Waals surface area (Å²) in [6.45, 7) is -0.639. The van der Waals surface area contributed by atoms with E-state index in [0.29, 0.717) is 10.2 Å². The van der Waals surface area contributed by atoms with Crippen LogP contribution in [0.2, 0.25) is 0 Å². The number of alkyl halides is 2. The minimum absolute atomic E-state index is 0.163. The molecular weight excluding hydrogens is 374 g/mol. The van der Waals surface area contributed by atoms with Crippen LogP contribution in [0.3, 0.4) is 0 Å². The van der Waals surface area contributed by atoms with E-state index < -0.39 is 19.0 Å². The summed E-state index contributed by atoms with van der Waals surface area (Å²) in [5.74, 6) is -1.13. The lowest BCUT2D eigenvalue weighted by Crippen LogP contribution is -2.10. The lowest BCUT2D eigenvalue weighted by molar-refractivity contribution is 0.0663. The molecule has 2 rings (SSSR count). The number of aromatic carboxylic acids is 1. The molecule has 0 aromatic heterocycles. The predicted molar refractivity (Wildman–Crippen MR) is 83.4 cm³/mol. The van der Waals surface area contributed by atoms with Gasteiger partial charge in [-0.2, -0.15) is 0 Å². The normalized spacial score (nSPS) is 10.6. The summed E-state index contributed by atoms with van der Waals surface area (Å²) in [4.78, 5) is 11.2. The van der Waals surface area contributed by atoms with Gasteiger partial charge in [0.1, 0.15) is 30.3 Å². The van der Waals surface area contributed by atoms with Crippen LogP contribution < -0.4 is 9.47 Å². The first-order chi connectivity index (χ1) is 11.0. The van der Waals surface area contributed by atoms with Gasteiger partial charge in [-0.1, -0.05) is 30.3 Å². The van der Waals surface area contributed by atoms with Crippen molar-refractivity contribution in [2.75, 3.05) is 6.61 Å². The molecule has 0 aliphatic heterocycles. The Kier molecular flexibility index (Phi) is 5.92. The van der Waals surface area contributed by atoms with Crippen LogP contribution in [0.4, 0.5) is 8.78 Å². The van der Waals surface area contributed by atoms with E-state index in [1.54, 1.807) is 0 Å². The summed E-state index contributed by atoms with van der Waals surface area (Å²) in [7, 11) is 0. The molecule has 0 heterocycles. The van der Waals surface area contributed by atoms with E-state index in [0.717, 1.165) is 5.56 Å². The van der Waals surface area contributed by atoms with Gasteiger partial charge in [0, 0.05) is 6.07 Å². The number of hydrogen-bond acceptors (Lipinski definition) is 3. The Morgan fingerprint density at radius 2 is 1.83 bits per heavy atom. The minimum atomic E-state index is -2.70. The van der Waals surface area contributed by atoms with E-state index in [1.165, 1.54) is 12.1 Å². The maximum Gasteiger partial charge on any atom is 0.339 e. The van der Waals surface area contributed by atoms with Crippen LogP contribution in [0.25, 0.3) is 0 Å². The van der Waals surface area contributed by atoms with Gasteiger partial charge in [-0.3, -0.25) is 0 Å². The second kappa shape index (κ2) is 7.92. The summed E-state index contributed by atoms with van der Waals surface area (Å²) < 4.78 is 35.5. The van der Waals surface area contributed by atoms with Crippen molar-refractivity contribution in [2.45, 2.75) is 13.0 Å². The molecule has 7 heteroatoms. The Morgan fingerprint density at radius 3 is 2.43 bits per heavy atom. The Hall–Kier alpha value is -2.15. The SMILES string of the molecule is O=C(O)c1cc(Br)c(OCc2ccccc2)cc1OCC(F)F. The molecule has 0 radical (unpaired) electrons. The maximum absolute atomic E-state index is 12.3. The molecule has 0 atom stereocenters. The molecule has 4 nitrogen and oxygen atoms in total. The monoisotopic (exact) mass is 386 g/mol. The van der Waals surface area contributed by atoms with Gasteiger partial charge in [-0.25, -0.2) is 13.6 Å². The molecule has 122 valence electrons. The topological polar surface area (TPSA) is 55.8 Å². The van der Waals surface area contributed by atoms with Crippen LogP contribution in [0.5, 0.6) is 11.5 Å². The van der Waals surface area contributed by atoms with Gasteiger partial charge in [-0.15, -0.1) is 0 Å². The molecule has 2 aromatic carbocycles. The van der Waals surface area contributed by atoms with Crippen molar-refractivity contribution < 1.29 is 28.2 Å². The van der Waals surface area contributed by atoms with Crippen LogP contribution in [-0.4, -0.2) is 24.1 Å². The van der Waals surface area contributed by atoms with E-state index in [-0.39, 0.29) is 17.9 Å². The molecule has 0 aliphatic rings. The third-order valence-electron chi connectivity index (χ3n) is 2.87. The zero-order valence-corrected chi connectivity index (χ0v) is 13.4. The van der Waals surface area contributed by atoms with Gasteiger partial charge < -0.3 is 14.6 Å². The highest BCUT2D eigenvalue weighted by Gasteiger charge is 2.17. The quantitative estimate of drug-likeness (QED) is 0.767. The van der Waals surface area contributed by atoms with Gasteiger partial charge in [-0.05, 0) is 27.6 Å². The number of carboxylic acids is 1. The van der Waals surface area contributed by atoms with Crippen LogP contribution in [0, 0.1) is 0 Å². The number of ether oxygens (including phenoxy) is 2. The van der Waals surface area contributed by atoms with Crippen molar-refractivity contribution in [1.29, 1.82) is 0 Å². The largest absolute Gasteiger partial charge is 0.488 e. The summed E-state index contributed by atoms with van der Waals surface area (Å²) in [5, 5.41) is 9.12. The Bertz CT molecular complexity index is 677. The van der Waals surface area contributed by atoms with E-state index in [2.05, 4.69) is 15.9 Å². The minimum Gasteiger partial charge on any atom is -0.488 e. The molecule has 0 fully saturated rings. The van der Waals surface area contributed by atoms with Crippen molar-refractivity contribution >= 4 is 21.9 Å². The zero-order chi connectivity index (χ0) is 16.8. The second-order valence-electron chi connectivity index (χ2n) is 4.56. The number of halogens is 3. The molecule has 0 spiro atoms. The Labute approximate surface area is 139 Å². The van der Waals surface area contributed by atoms with Gasteiger partial charge in [0.15, 0.2) is 0 Å². The van der Waals surface area contributed by atoms with Gasteiger partial charge in [0.2, 0.25) is 0 Å². The molecular formula is C16H13BrF2O4. The average Bonchev–Trinajstić information content (AvgIpc) is 2.52. The number of carboxylic acid groups (broad SMARTS) is 1. The Morgan fingerprint density at radius 1 is 1.13 bits per heavy atom. The predicted octanol–water partition coefficient (Wildman–Crippen LogP) is 4.37. The van der Waals surface area contributed by atoms with Gasteiger partial charge >= 0.3 is 5.97 Å². The molecule has 0 bridgehead atoms. The molecule has 0 amide bonds. The van der Waals surface area contributed by atoms with E-state index in [1.807, 2.05) is 30.3 Å². The fourth-order valence-electron chi connectivity index (χ4n) is 1.82. The van der Waals surface area contributed by atoms with Gasteiger partial charge in [0.05, 0.1) is 4.47 Å². The summed E-state index contributed by atoms with van der Waals surface area (Å²) in [6.07, 6.45) is -2.70. The standard InChI is InChI=1S/C16H13BrF2O4/c17-12-6-11(16(20)21)13(23-9-15(18)19)7-14(12)22-8-10-4-2-1-3-5-10/h1-7,15H,8-9H2,(H,20,21). The first-order valence-corrected chi connectivity index (χ1v) is 7.41. The highest BCUT2D eigenvalue weighted by molar-refractivity contribution is 9.10. The molecule has 0 saturated carbocycles. The number of carbonyl (C=O) groups is 1. The molecule has 0 saturated heterocycles. The third-order valence-corrected chi connectivity index (χ3v) is 3.49. The molecule has 1 N–H and O–H groups in total. The Balaban J connectivity index is 2.21. The van der Waals surface area contributed by atoms with Crippen molar-refractivity contribution in [3.8, 4) is 11.5 Å². The number of benzene rings is 2. The smallest absolute Gasteiger partial charge is 0.339 e. The lowest BCUT2D eigenvalue weighted by atomic mass is 10.2. The lowest BCUT2D eigenvalue weighted by Gasteiger charge is -2.13. The highest BCUT2D eigenvalue weighted by atomic mass is 79.9. The van der Waals surface area contributed by atoms with Crippen molar-refractivity contribution in [1.82, 2.24) is 0 Å². The fourth-order valence-corrected chi connectivity index (χ4v) is 2.28. The molecule has 0 unspecified atom stereocenters. The van der Waals surface area contributed by atoms with E-state index in [9.17, 15) is 13.6 Å². The highest BCUT2D eigenvalue weighted by Crippen LogP contribution is 2.34. The molecule has 2 aromatic rings. The van der Waals surface area contributed by atoms with Crippen LogP contribution >= 0.6 is 15.9 Å². The van der Waals surface area contributed by atoms with Crippen LogP contribution in [0.1, 0.15) is 15.9 Å². The molecule has 0 aliphatic carbocycles. The van der Waals surface area contributed by atoms with Crippen LogP contribution in [0.15, 0.2) is 46.9 Å². The number of rotatable bonds is 7. The third kappa shape index (κ3) is 4.92. The van der Waals surface area contributed by atoms with E-state index >= 15 is 0 Å².